The Balaban J connectivity index is 2.26. The van der Waals surface area contributed by atoms with Crippen molar-refractivity contribution in [2.45, 2.75) is 19.9 Å². The molecule has 20 heavy (non-hydrogen) atoms. The molecule has 1 amide bonds. The van der Waals surface area contributed by atoms with E-state index in [2.05, 4.69) is 4.90 Å². The third kappa shape index (κ3) is 3.38. The second-order valence-electron chi connectivity index (χ2n) is 4.97. The summed E-state index contributed by atoms with van der Waals surface area (Å²) in [5.41, 5.74) is 1.08. The molecule has 0 spiro atoms. The number of carbonyl (C=O) groups excluding carboxylic acids is 1. The van der Waals surface area contributed by atoms with E-state index in [1.54, 1.807) is 0 Å². The number of hydrogen-bond donors (Lipinski definition) is 0. The minimum absolute atomic E-state index is 0.181. The number of likely N-dealkylation sites (N-methyl/N-ethyl adjacent to an activating group) is 1. The maximum atomic E-state index is 12.8. The maximum Gasteiger partial charge on any atom is 0.244 e. The summed E-state index contributed by atoms with van der Waals surface area (Å²) in [5.74, 6) is 0.197. The van der Waals surface area contributed by atoms with Crippen LogP contribution in [-0.2, 0) is 9.53 Å². The van der Waals surface area contributed by atoms with E-state index in [4.69, 9.17) is 4.74 Å². The largest absolute Gasteiger partial charge is 0.379 e. The first-order valence-corrected chi connectivity index (χ1v) is 7.43. The normalized spacial score (nSPS) is 17.7. The van der Waals surface area contributed by atoms with Crippen molar-refractivity contribution in [3.63, 3.8) is 0 Å². The Morgan fingerprint density at radius 2 is 1.80 bits per heavy atom. The fourth-order valence-electron chi connectivity index (χ4n) is 2.69. The molecule has 4 nitrogen and oxygen atoms in total. The molecule has 0 bridgehead atoms. The number of carbonyl (C=O) groups is 1. The zero-order chi connectivity index (χ0) is 14.4. The first-order chi connectivity index (χ1) is 9.77. The Labute approximate surface area is 121 Å². The molecule has 1 aromatic rings. The highest BCUT2D eigenvalue weighted by Gasteiger charge is 2.31. The van der Waals surface area contributed by atoms with Gasteiger partial charge in [-0.15, -0.1) is 0 Å². The number of ether oxygens (including phenoxy) is 1. The van der Waals surface area contributed by atoms with Crippen LogP contribution in [0.3, 0.4) is 0 Å². The molecule has 0 aromatic heterocycles. The SMILES string of the molecule is CCN(CC)C(=O)C(c1ccccc1)N1CCOCC1. The number of rotatable bonds is 5. The average molecular weight is 276 g/mol. The van der Waals surface area contributed by atoms with Crippen LogP contribution < -0.4 is 0 Å². The predicted octanol–water partition coefficient (Wildman–Crippen LogP) is 1.93. The Morgan fingerprint density at radius 1 is 1.20 bits per heavy atom. The van der Waals surface area contributed by atoms with Gasteiger partial charge in [0.15, 0.2) is 0 Å². The second kappa shape index (κ2) is 7.41. The van der Waals surface area contributed by atoms with Crippen molar-refractivity contribution in [3.05, 3.63) is 35.9 Å². The number of benzene rings is 1. The van der Waals surface area contributed by atoms with E-state index < -0.39 is 0 Å². The van der Waals surface area contributed by atoms with Gasteiger partial charge in [0.25, 0.3) is 0 Å². The quantitative estimate of drug-likeness (QED) is 0.824. The molecule has 0 aliphatic carbocycles. The van der Waals surface area contributed by atoms with Crippen molar-refractivity contribution in [1.82, 2.24) is 9.80 Å². The van der Waals surface area contributed by atoms with Crippen LogP contribution in [0.2, 0.25) is 0 Å². The molecule has 4 heteroatoms. The van der Waals surface area contributed by atoms with Gasteiger partial charge >= 0.3 is 0 Å². The van der Waals surface area contributed by atoms with Crippen LogP contribution in [0.4, 0.5) is 0 Å². The second-order valence-corrected chi connectivity index (χ2v) is 4.97. The zero-order valence-electron chi connectivity index (χ0n) is 12.4. The molecule has 1 saturated heterocycles. The van der Waals surface area contributed by atoms with Gasteiger partial charge in [-0.05, 0) is 19.4 Å². The van der Waals surface area contributed by atoms with E-state index in [1.165, 1.54) is 0 Å². The molecule has 0 saturated carbocycles. The molecular weight excluding hydrogens is 252 g/mol. The van der Waals surface area contributed by atoms with Gasteiger partial charge in [0.05, 0.1) is 13.2 Å². The molecule has 110 valence electrons. The van der Waals surface area contributed by atoms with E-state index in [-0.39, 0.29) is 11.9 Å². The summed E-state index contributed by atoms with van der Waals surface area (Å²) in [5, 5.41) is 0. The van der Waals surface area contributed by atoms with Gasteiger partial charge in [-0.1, -0.05) is 30.3 Å². The van der Waals surface area contributed by atoms with Crippen LogP contribution >= 0.6 is 0 Å². The highest BCUT2D eigenvalue weighted by atomic mass is 16.5. The van der Waals surface area contributed by atoms with Gasteiger partial charge in [0, 0.05) is 26.2 Å². The summed E-state index contributed by atoms with van der Waals surface area (Å²) in [4.78, 5) is 17.0. The van der Waals surface area contributed by atoms with Gasteiger partial charge in [-0.3, -0.25) is 9.69 Å². The first kappa shape index (κ1) is 15.0. The highest BCUT2D eigenvalue weighted by Crippen LogP contribution is 2.24. The van der Waals surface area contributed by atoms with Gasteiger partial charge in [-0.25, -0.2) is 0 Å². The van der Waals surface area contributed by atoms with E-state index in [0.717, 1.165) is 31.7 Å². The van der Waals surface area contributed by atoms with Crippen molar-refractivity contribution >= 4 is 5.91 Å². The van der Waals surface area contributed by atoms with E-state index in [0.29, 0.717) is 13.2 Å². The zero-order valence-corrected chi connectivity index (χ0v) is 12.4. The van der Waals surface area contributed by atoms with Gasteiger partial charge < -0.3 is 9.64 Å². The molecule has 0 radical (unpaired) electrons. The molecule has 1 aliphatic rings. The van der Waals surface area contributed by atoms with Crippen molar-refractivity contribution in [1.29, 1.82) is 0 Å². The molecule has 1 aliphatic heterocycles. The van der Waals surface area contributed by atoms with Gasteiger partial charge in [-0.2, -0.15) is 0 Å². The molecule has 1 aromatic carbocycles. The topological polar surface area (TPSA) is 32.8 Å². The predicted molar refractivity (Wildman–Crippen MR) is 79.5 cm³/mol. The van der Waals surface area contributed by atoms with Crippen LogP contribution in [0.15, 0.2) is 30.3 Å². The Kier molecular flexibility index (Phi) is 5.56. The van der Waals surface area contributed by atoms with Crippen molar-refractivity contribution in [2.24, 2.45) is 0 Å². The van der Waals surface area contributed by atoms with E-state index in [1.807, 2.05) is 49.1 Å². The third-order valence-electron chi connectivity index (χ3n) is 3.84. The third-order valence-corrected chi connectivity index (χ3v) is 3.84. The summed E-state index contributed by atoms with van der Waals surface area (Å²) in [7, 11) is 0. The Morgan fingerprint density at radius 3 is 2.35 bits per heavy atom. The molecule has 1 atom stereocenters. The summed E-state index contributed by atoms with van der Waals surface area (Å²) < 4.78 is 5.41. The smallest absolute Gasteiger partial charge is 0.244 e. The molecule has 1 heterocycles. The van der Waals surface area contributed by atoms with E-state index in [9.17, 15) is 4.79 Å². The lowest BCUT2D eigenvalue weighted by atomic mass is 10.0. The van der Waals surface area contributed by atoms with Crippen molar-refractivity contribution in [2.75, 3.05) is 39.4 Å². The monoisotopic (exact) mass is 276 g/mol. The molecule has 1 fully saturated rings. The van der Waals surface area contributed by atoms with Gasteiger partial charge in [0.2, 0.25) is 5.91 Å². The van der Waals surface area contributed by atoms with Crippen LogP contribution in [0, 0.1) is 0 Å². The lowest BCUT2D eigenvalue weighted by Gasteiger charge is -2.36. The standard InChI is InChI=1S/C16H24N2O2/c1-3-17(4-2)16(19)15(14-8-6-5-7-9-14)18-10-12-20-13-11-18/h5-9,15H,3-4,10-13H2,1-2H3. The number of morpholine rings is 1. The Hall–Kier alpha value is -1.39. The van der Waals surface area contributed by atoms with Gasteiger partial charge in [0.1, 0.15) is 6.04 Å². The van der Waals surface area contributed by atoms with Crippen LogP contribution in [0.25, 0.3) is 0 Å². The van der Waals surface area contributed by atoms with Crippen molar-refractivity contribution in [3.8, 4) is 0 Å². The fraction of sp³-hybridized carbons (Fsp3) is 0.562. The summed E-state index contributed by atoms with van der Waals surface area (Å²) in [6.07, 6.45) is 0. The highest BCUT2D eigenvalue weighted by molar-refractivity contribution is 5.83. The lowest BCUT2D eigenvalue weighted by molar-refractivity contribution is -0.138. The fourth-order valence-corrected chi connectivity index (χ4v) is 2.69. The molecule has 0 N–H and O–H groups in total. The number of nitrogens with zero attached hydrogens (tertiary/aromatic N) is 2. The summed E-state index contributed by atoms with van der Waals surface area (Å²) in [6.45, 7) is 8.60. The van der Waals surface area contributed by atoms with Crippen LogP contribution in [-0.4, -0.2) is 55.1 Å². The van der Waals surface area contributed by atoms with Crippen molar-refractivity contribution < 1.29 is 9.53 Å². The number of amides is 1. The lowest BCUT2D eigenvalue weighted by Crippen LogP contribution is -2.47. The Bertz CT molecular complexity index is 412. The molecule has 1 unspecified atom stereocenters. The minimum Gasteiger partial charge on any atom is -0.379 e. The molecular formula is C16H24N2O2. The van der Waals surface area contributed by atoms with E-state index >= 15 is 0 Å². The molecule has 2 rings (SSSR count). The van der Waals surface area contributed by atoms with Crippen LogP contribution in [0.5, 0.6) is 0 Å². The summed E-state index contributed by atoms with van der Waals surface area (Å²) in [6, 6.07) is 9.89. The minimum atomic E-state index is -0.181. The van der Waals surface area contributed by atoms with Crippen LogP contribution in [0.1, 0.15) is 25.5 Å². The first-order valence-electron chi connectivity index (χ1n) is 7.43. The maximum absolute atomic E-state index is 12.8. The average Bonchev–Trinajstić information content (AvgIpc) is 2.51. The number of hydrogen-bond acceptors (Lipinski definition) is 3. The summed E-state index contributed by atoms with van der Waals surface area (Å²) >= 11 is 0.